The number of carbonyl (C=O) groups excluding carboxylic acids is 1. The lowest BCUT2D eigenvalue weighted by Gasteiger charge is -2.43. The van der Waals surface area contributed by atoms with Crippen LogP contribution in [-0.2, 0) is 6.42 Å². The summed E-state index contributed by atoms with van der Waals surface area (Å²) in [4.78, 5) is 13.5. The zero-order chi connectivity index (χ0) is 21.3. The Morgan fingerprint density at radius 3 is 2.60 bits per heavy atom. The fourth-order valence-corrected chi connectivity index (χ4v) is 6.76. The summed E-state index contributed by atoms with van der Waals surface area (Å²) in [6.07, 6.45) is 6.67. The summed E-state index contributed by atoms with van der Waals surface area (Å²) in [7, 11) is 0. The van der Waals surface area contributed by atoms with Gasteiger partial charge >= 0.3 is 0 Å². The van der Waals surface area contributed by atoms with Crippen molar-refractivity contribution in [2.24, 2.45) is 16.7 Å². The predicted molar refractivity (Wildman–Crippen MR) is 115 cm³/mol. The van der Waals surface area contributed by atoms with Crippen molar-refractivity contribution in [2.75, 3.05) is 0 Å². The second-order valence-electron chi connectivity index (χ2n) is 10.7. The number of hydrogen-bond donors (Lipinski definition) is 1. The quantitative estimate of drug-likeness (QED) is 0.738. The summed E-state index contributed by atoms with van der Waals surface area (Å²) < 4.78 is 15.3. The van der Waals surface area contributed by atoms with Gasteiger partial charge in [0.15, 0.2) is 5.69 Å². The molecular formula is C25H32FN3O. The lowest BCUT2D eigenvalue weighted by atomic mass is 9.68. The highest BCUT2D eigenvalue weighted by atomic mass is 19.1. The van der Waals surface area contributed by atoms with E-state index in [1.165, 1.54) is 31.4 Å². The Hall–Kier alpha value is -2.17. The molecule has 4 unspecified atom stereocenters. The smallest absolute Gasteiger partial charge is 0.272 e. The Kier molecular flexibility index (Phi) is 4.39. The van der Waals surface area contributed by atoms with Crippen LogP contribution in [0.2, 0.25) is 0 Å². The largest absolute Gasteiger partial charge is 0.347 e. The van der Waals surface area contributed by atoms with Crippen LogP contribution < -0.4 is 5.32 Å². The average Bonchev–Trinajstić information content (AvgIpc) is 3.33. The number of fused-ring (bicyclic) bond motifs is 3. The van der Waals surface area contributed by atoms with E-state index in [-0.39, 0.29) is 28.6 Å². The molecule has 1 aromatic carbocycles. The molecule has 1 heterocycles. The van der Waals surface area contributed by atoms with Crippen molar-refractivity contribution in [2.45, 2.75) is 78.2 Å². The molecule has 0 spiro atoms. The molecule has 1 amide bonds. The van der Waals surface area contributed by atoms with Crippen LogP contribution in [0.5, 0.6) is 0 Å². The molecule has 1 N–H and O–H groups in total. The fraction of sp³-hybridized carbons (Fsp3) is 0.600. The molecular weight excluding hydrogens is 377 g/mol. The van der Waals surface area contributed by atoms with E-state index in [9.17, 15) is 9.18 Å². The molecule has 2 aromatic rings. The first-order valence-electron chi connectivity index (χ1n) is 11.4. The highest BCUT2D eigenvalue weighted by Crippen LogP contribution is 2.62. The maximum Gasteiger partial charge on any atom is 0.272 e. The van der Waals surface area contributed by atoms with Crippen LogP contribution in [-0.4, -0.2) is 21.7 Å². The van der Waals surface area contributed by atoms with E-state index in [0.29, 0.717) is 17.5 Å². The van der Waals surface area contributed by atoms with Crippen LogP contribution in [0.25, 0.3) is 5.69 Å². The Bertz CT molecular complexity index is 988. The van der Waals surface area contributed by atoms with Crippen molar-refractivity contribution in [3.8, 4) is 5.69 Å². The number of carbonyl (C=O) groups is 1. The van der Waals surface area contributed by atoms with Gasteiger partial charge in [-0.05, 0) is 85.5 Å². The van der Waals surface area contributed by atoms with E-state index >= 15 is 0 Å². The standard InChI is InChI=1S/C25H32FN3O/c1-15-6-5-7-19-20(28-29(21(15)19)18-10-8-17(26)9-11-18)22(30)27-23-24(2,3)16-12-13-25(23,4)14-16/h8-11,15-16,23H,5-7,12-14H2,1-4H3,(H,27,30). The third-order valence-electron chi connectivity index (χ3n) is 8.39. The Labute approximate surface area is 178 Å². The van der Waals surface area contributed by atoms with Gasteiger partial charge in [-0.1, -0.05) is 27.7 Å². The van der Waals surface area contributed by atoms with Crippen molar-refractivity contribution in [3.63, 3.8) is 0 Å². The number of halogens is 1. The van der Waals surface area contributed by atoms with E-state index in [4.69, 9.17) is 5.10 Å². The minimum atomic E-state index is -0.266. The third kappa shape index (κ3) is 2.84. The van der Waals surface area contributed by atoms with Crippen molar-refractivity contribution in [1.82, 2.24) is 15.1 Å². The van der Waals surface area contributed by atoms with Gasteiger partial charge in [0, 0.05) is 11.6 Å². The summed E-state index contributed by atoms with van der Waals surface area (Å²) in [5, 5.41) is 8.22. The number of hydrogen-bond acceptors (Lipinski definition) is 2. The van der Waals surface area contributed by atoms with Crippen molar-refractivity contribution >= 4 is 5.91 Å². The van der Waals surface area contributed by atoms with Crippen LogP contribution in [0.1, 0.15) is 87.5 Å². The first-order valence-corrected chi connectivity index (χ1v) is 11.4. The molecule has 5 rings (SSSR count). The monoisotopic (exact) mass is 409 g/mol. The lowest BCUT2D eigenvalue weighted by Crippen LogP contribution is -2.52. The minimum absolute atomic E-state index is 0.0481. The van der Waals surface area contributed by atoms with E-state index in [0.717, 1.165) is 36.2 Å². The van der Waals surface area contributed by atoms with Crippen LogP contribution in [0.15, 0.2) is 24.3 Å². The number of nitrogens with one attached hydrogen (secondary N) is 1. The van der Waals surface area contributed by atoms with E-state index < -0.39 is 0 Å². The topological polar surface area (TPSA) is 46.9 Å². The van der Waals surface area contributed by atoms with E-state index in [1.54, 1.807) is 12.1 Å². The van der Waals surface area contributed by atoms with Crippen LogP contribution in [0, 0.1) is 22.6 Å². The second kappa shape index (κ2) is 6.66. The minimum Gasteiger partial charge on any atom is -0.347 e. The Morgan fingerprint density at radius 2 is 1.93 bits per heavy atom. The molecule has 2 bridgehead atoms. The maximum atomic E-state index is 13.5. The summed E-state index contributed by atoms with van der Waals surface area (Å²) in [6.45, 7) is 9.15. The molecule has 0 aliphatic heterocycles. The van der Waals surface area contributed by atoms with Crippen molar-refractivity contribution in [1.29, 1.82) is 0 Å². The molecule has 5 heteroatoms. The molecule has 160 valence electrons. The van der Waals surface area contributed by atoms with Gasteiger partial charge in [-0.25, -0.2) is 9.07 Å². The molecule has 0 saturated heterocycles. The Morgan fingerprint density at radius 1 is 1.20 bits per heavy atom. The van der Waals surface area contributed by atoms with Crippen LogP contribution in [0.4, 0.5) is 4.39 Å². The molecule has 4 atom stereocenters. The molecule has 3 aliphatic rings. The molecule has 2 fully saturated rings. The Balaban J connectivity index is 1.52. The summed E-state index contributed by atoms with van der Waals surface area (Å²) in [6, 6.07) is 6.56. The summed E-state index contributed by atoms with van der Waals surface area (Å²) in [5.74, 6) is 0.688. The molecule has 1 aromatic heterocycles. The van der Waals surface area contributed by atoms with Crippen LogP contribution in [0.3, 0.4) is 0 Å². The zero-order valence-electron chi connectivity index (χ0n) is 18.5. The van der Waals surface area contributed by atoms with Gasteiger partial charge in [-0.15, -0.1) is 0 Å². The number of amides is 1. The number of aromatic nitrogens is 2. The normalized spacial score (nSPS) is 31.6. The molecule has 30 heavy (non-hydrogen) atoms. The maximum absolute atomic E-state index is 13.5. The first-order chi connectivity index (χ1) is 14.2. The molecule has 2 saturated carbocycles. The zero-order valence-corrected chi connectivity index (χ0v) is 18.5. The number of nitrogens with zero attached hydrogens (tertiary/aromatic N) is 2. The molecule has 3 aliphatic carbocycles. The molecule has 4 nitrogen and oxygen atoms in total. The van der Waals surface area contributed by atoms with Gasteiger partial charge < -0.3 is 5.32 Å². The third-order valence-corrected chi connectivity index (χ3v) is 8.39. The van der Waals surface area contributed by atoms with Crippen molar-refractivity contribution < 1.29 is 9.18 Å². The van der Waals surface area contributed by atoms with Gasteiger partial charge in [0.1, 0.15) is 5.82 Å². The van der Waals surface area contributed by atoms with Gasteiger partial charge in [-0.3, -0.25) is 4.79 Å². The van der Waals surface area contributed by atoms with Crippen molar-refractivity contribution in [3.05, 3.63) is 47.0 Å². The van der Waals surface area contributed by atoms with Gasteiger partial charge in [-0.2, -0.15) is 5.10 Å². The summed E-state index contributed by atoms with van der Waals surface area (Å²) >= 11 is 0. The SMILES string of the molecule is CC1CCCc2c(C(=O)NC3C4(C)CCC(C4)C3(C)C)nn(-c3ccc(F)cc3)c21. The van der Waals surface area contributed by atoms with Crippen LogP contribution >= 0.6 is 0 Å². The highest BCUT2D eigenvalue weighted by Gasteiger charge is 2.59. The number of rotatable bonds is 3. The van der Waals surface area contributed by atoms with Gasteiger partial charge in [0.05, 0.1) is 11.4 Å². The highest BCUT2D eigenvalue weighted by molar-refractivity contribution is 5.94. The molecule has 0 radical (unpaired) electrons. The van der Waals surface area contributed by atoms with Gasteiger partial charge in [0.25, 0.3) is 5.91 Å². The average molecular weight is 410 g/mol. The van der Waals surface area contributed by atoms with E-state index in [2.05, 4.69) is 33.0 Å². The lowest BCUT2D eigenvalue weighted by molar-refractivity contribution is 0.0732. The predicted octanol–water partition coefficient (Wildman–Crippen LogP) is 5.40. The fourth-order valence-electron chi connectivity index (χ4n) is 6.76. The first kappa shape index (κ1) is 19.8. The van der Waals surface area contributed by atoms with Gasteiger partial charge in [0.2, 0.25) is 0 Å². The number of benzene rings is 1. The summed E-state index contributed by atoms with van der Waals surface area (Å²) in [5.41, 5.74) is 3.83. The van der Waals surface area contributed by atoms with E-state index in [1.807, 2.05) is 4.68 Å². The second-order valence-corrected chi connectivity index (χ2v) is 10.7.